The number of hydrogen-bond acceptors (Lipinski definition) is 4. The fourth-order valence-electron chi connectivity index (χ4n) is 4.49. The third-order valence-electron chi connectivity index (χ3n) is 6.59. The lowest BCUT2D eigenvalue weighted by Crippen LogP contribution is -2.20. The summed E-state index contributed by atoms with van der Waals surface area (Å²) >= 11 is 6.03. The second kappa shape index (κ2) is 10.1. The Bertz CT molecular complexity index is 1370. The fourth-order valence-corrected chi connectivity index (χ4v) is 6.35. The number of nitrogens with zero attached hydrogens (tertiary/aromatic N) is 2. The molecule has 0 saturated carbocycles. The van der Waals surface area contributed by atoms with Crippen molar-refractivity contribution in [1.29, 1.82) is 0 Å². The molecule has 0 amide bonds. The molecule has 0 unspecified atom stereocenters. The molecule has 0 atom stereocenters. The lowest BCUT2D eigenvalue weighted by atomic mass is 10.0. The number of alkyl halides is 3. The Morgan fingerprint density at radius 1 is 0.972 bits per heavy atom. The molecule has 4 rings (SSSR count). The van der Waals surface area contributed by atoms with Gasteiger partial charge in [0.1, 0.15) is 0 Å². The van der Waals surface area contributed by atoms with Crippen LogP contribution in [0.1, 0.15) is 27.8 Å². The summed E-state index contributed by atoms with van der Waals surface area (Å²) in [5, 5.41) is -0.340. The highest BCUT2D eigenvalue weighted by molar-refractivity contribution is 7.91. The van der Waals surface area contributed by atoms with Crippen LogP contribution in [0.5, 0.6) is 0 Å². The second-order valence-corrected chi connectivity index (χ2v) is 11.7. The fraction of sp³-hybridized carbons (Fsp3) is 0.333. The molecule has 0 aliphatic carbocycles. The van der Waals surface area contributed by atoms with E-state index in [1.165, 1.54) is 18.2 Å². The first-order valence-corrected chi connectivity index (χ1v) is 13.4. The van der Waals surface area contributed by atoms with E-state index in [-0.39, 0.29) is 21.2 Å². The average Bonchev–Trinajstić information content (AvgIpc) is 3.00. The number of rotatable bonds is 5. The van der Waals surface area contributed by atoms with Gasteiger partial charge < -0.3 is 9.80 Å². The molecular formula is C27H28ClF3N2O2S. The van der Waals surface area contributed by atoms with Gasteiger partial charge in [-0.05, 0) is 78.9 Å². The predicted octanol–water partition coefficient (Wildman–Crippen LogP) is 5.88. The van der Waals surface area contributed by atoms with Crippen LogP contribution in [0.25, 0.3) is 0 Å². The molecule has 0 spiro atoms. The molecule has 0 bridgehead atoms. The number of sulfone groups is 1. The Morgan fingerprint density at radius 3 is 2.17 bits per heavy atom. The molecule has 0 saturated heterocycles. The average molecular weight is 537 g/mol. The number of benzene rings is 3. The van der Waals surface area contributed by atoms with E-state index in [0.29, 0.717) is 16.8 Å². The van der Waals surface area contributed by atoms with Gasteiger partial charge in [-0.1, -0.05) is 35.9 Å². The predicted molar refractivity (Wildman–Crippen MR) is 137 cm³/mol. The van der Waals surface area contributed by atoms with Crippen LogP contribution in [0.3, 0.4) is 0 Å². The van der Waals surface area contributed by atoms with Crippen molar-refractivity contribution in [2.45, 2.75) is 35.2 Å². The van der Waals surface area contributed by atoms with Gasteiger partial charge in [0.15, 0.2) is 0 Å². The van der Waals surface area contributed by atoms with Crippen LogP contribution in [0.4, 0.5) is 18.9 Å². The highest BCUT2D eigenvalue weighted by Crippen LogP contribution is 2.37. The van der Waals surface area contributed by atoms with Crippen molar-refractivity contribution in [2.24, 2.45) is 0 Å². The molecule has 4 nitrogen and oxygen atoms in total. The highest BCUT2D eigenvalue weighted by atomic mass is 35.5. The van der Waals surface area contributed by atoms with Gasteiger partial charge in [0.2, 0.25) is 9.84 Å². The maximum absolute atomic E-state index is 13.7. The van der Waals surface area contributed by atoms with Crippen LogP contribution < -0.4 is 4.90 Å². The second-order valence-electron chi connectivity index (χ2n) is 9.39. The lowest BCUT2D eigenvalue weighted by Gasteiger charge is -2.21. The van der Waals surface area contributed by atoms with E-state index in [1.54, 1.807) is 24.3 Å². The van der Waals surface area contributed by atoms with E-state index in [4.69, 9.17) is 11.6 Å². The third kappa shape index (κ3) is 5.41. The van der Waals surface area contributed by atoms with Crippen LogP contribution in [-0.2, 0) is 35.3 Å². The van der Waals surface area contributed by atoms with Crippen molar-refractivity contribution in [3.63, 3.8) is 0 Å². The minimum atomic E-state index is -4.54. The molecular weight excluding hydrogens is 509 g/mol. The molecule has 1 aliphatic heterocycles. The van der Waals surface area contributed by atoms with Crippen LogP contribution in [-0.4, -0.2) is 47.6 Å². The highest BCUT2D eigenvalue weighted by Gasteiger charge is 2.33. The van der Waals surface area contributed by atoms with E-state index in [0.717, 1.165) is 43.1 Å². The minimum Gasteiger partial charge on any atom is -0.377 e. The van der Waals surface area contributed by atoms with Gasteiger partial charge in [0.05, 0.1) is 26.1 Å². The van der Waals surface area contributed by atoms with E-state index >= 15 is 0 Å². The SMILES string of the molecule is CN1CCc2cc(N(C)C)c(S(=O)(=O)c3ccc(Cc4cccc(C(F)(F)F)c4Cl)cc3)cc2CC1. The monoisotopic (exact) mass is 536 g/mol. The zero-order valence-corrected chi connectivity index (χ0v) is 21.9. The van der Waals surface area contributed by atoms with Crippen LogP contribution in [0, 0.1) is 0 Å². The molecule has 0 aromatic heterocycles. The van der Waals surface area contributed by atoms with Gasteiger partial charge in [-0.3, -0.25) is 0 Å². The molecule has 9 heteroatoms. The zero-order valence-electron chi connectivity index (χ0n) is 20.4. The van der Waals surface area contributed by atoms with Gasteiger partial charge >= 0.3 is 6.18 Å². The van der Waals surface area contributed by atoms with E-state index in [2.05, 4.69) is 11.9 Å². The minimum absolute atomic E-state index is 0.134. The van der Waals surface area contributed by atoms with Gasteiger partial charge in [0, 0.05) is 27.2 Å². The molecule has 192 valence electrons. The summed E-state index contributed by atoms with van der Waals surface area (Å²) in [7, 11) is 1.88. The molecule has 1 aliphatic rings. The van der Waals surface area contributed by atoms with Crippen molar-refractivity contribution in [3.05, 3.63) is 87.4 Å². The summed E-state index contributed by atoms with van der Waals surface area (Å²) in [4.78, 5) is 4.43. The van der Waals surface area contributed by atoms with E-state index < -0.39 is 21.6 Å². The Balaban J connectivity index is 1.67. The first-order valence-electron chi connectivity index (χ1n) is 11.6. The summed E-state index contributed by atoms with van der Waals surface area (Å²) in [5.74, 6) is 0. The topological polar surface area (TPSA) is 40.6 Å². The van der Waals surface area contributed by atoms with Crippen LogP contribution in [0.2, 0.25) is 5.02 Å². The van der Waals surface area contributed by atoms with Crippen molar-refractivity contribution in [3.8, 4) is 0 Å². The molecule has 0 radical (unpaired) electrons. The summed E-state index contributed by atoms with van der Waals surface area (Å²) in [5.41, 5.74) is 2.94. The number of anilines is 1. The molecule has 36 heavy (non-hydrogen) atoms. The van der Waals surface area contributed by atoms with Crippen LogP contribution in [0.15, 0.2) is 64.4 Å². The Kier molecular flexibility index (Phi) is 7.42. The van der Waals surface area contributed by atoms with Crippen molar-refractivity contribution < 1.29 is 21.6 Å². The van der Waals surface area contributed by atoms with Crippen molar-refractivity contribution >= 4 is 27.1 Å². The number of fused-ring (bicyclic) bond motifs is 1. The largest absolute Gasteiger partial charge is 0.417 e. The van der Waals surface area contributed by atoms with Gasteiger partial charge in [-0.25, -0.2) is 8.42 Å². The summed E-state index contributed by atoms with van der Waals surface area (Å²) in [6, 6.07) is 13.8. The van der Waals surface area contributed by atoms with Gasteiger partial charge in [-0.15, -0.1) is 0 Å². The smallest absolute Gasteiger partial charge is 0.377 e. The quantitative estimate of drug-likeness (QED) is 0.408. The number of halogens is 4. The number of likely N-dealkylation sites (N-methyl/N-ethyl adjacent to an activating group) is 1. The lowest BCUT2D eigenvalue weighted by molar-refractivity contribution is -0.137. The molecule has 1 heterocycles. The van der Waals surface area contributed by atoms with E-state index in [9.17, 15) is 21.6 Å². The first kappa shape index (κ1) is 26.5. The Labute approximate surface area is 215 Å². The third-order valence-corrected chi connectivity index (χ3v) is 8.84. The van der Waals surface area contributed by atoms with Crippen LogP contribution >= 0.6 is 11.6 Å². The van der Waals surface area contributed by atoms with Crippen molar-refractivity contribution in [1.82, 2.24) is 4.90 Å². The van der Waals surface area contributed by atoms with Gasteiger partial charge in [0.25, 0.3) is 0 Å². The maximum Gasteiger partial charge on any atom is 0.417 e. The maximum atomic E-state index is 13.7. The molecule has 0 N–H and O–H groups in total. The van der Waals surface area contributed by atoms with Gasteiger partial charge in [-0.2, -0.15) is 13.2 Å². The summed E-state index contributed by atoms with van der Waals surface area (Å²) in [6.45, 7) is 1.78. The standard InChI is InChI=1S/C27H28ClF3N2O2S/c1-32(2)24-16-19-11-13-33(3)14-12-20(19)17-25(24)36(34,35)22-9-7-18(8-10-22)15-21-5-4-6-23(26(21)28)27(29,30)31/h4-10,16-17H,11-15H2,1-3H3. The van der Waals surface area contributed by atoms with Crippen molar-refractivity contribution in [2.75, 3.05) is 39.1 Å². The molecule has 3 aromatic carbocycles. The normalized spacial score (nSPS) is 14.9. The summed E-state index contributed by atoms with van der Waals surface area (Å²) < 4.78 is 67.0. The Hall–Kier alpha value is -2.55. The number of hydrogen-bond donors (Lipinski definition) is 0. The van der Waals surface area contributed by atoms with E-state index in [1.807, 2.05) is 25.1 Å². The molecule has 0 fully saturated rings. The summed E-state index contributed by atoms with van der Waals surface area (Å²) in [6.07, 6.45) is -2.75. The first-order chi connectivity index (χ1) is 16.9. The molecule has 3 aromatic rings. The zero-order chi connectivity index (χ0) is 26.3. The Morgan fingerprint density at radius 2 is 1.58 bits per heavy atom.